The van der Waals surface area contributed by atoms with Gasteiger partial charge in [-0.2, -0.15) is 0 Å². The molecular weight excluding hydrogens is 405 g/mol. The number of fused-ring (bicyclic) bond motifs is 1. The average molecular weight is 416 g/mol. The Morgan fingerprint density at radius 3 is 2.65 bits per heavy atom. The van der Waals surface area contributed by atoms with Gasteiger partial charge in [0.2, 0.25) is 5.89 Å². The molecule has 0 unspecified atom stereocenters. The SMILES string of the molecule is Cc1cc2nc(-c3cc(Br)ccc3Cl)oc2c(Br)c1C. The van der Waals surface area contributed by atoms with Crippen molar-refractivity contribution < 1.29 is 4.42 Å². The van der Waals surface area contributed by atoms with E-state index in [4.69, 9.17) is 16.0 Å². The fourth-order valence-corrected chi connectivity index (χ4v) is 3.18. The van der Waals surface area contributed by atoms with E-state index in [0.717, 1.165) is 31.2 Å². The van der Waals surface area contributed by atoms with Crippen molar-refractivity contribution in [2.45, 2.75) is 13.8 Å². The first-order chi connectivity index (χ1) is 9.47. The van der Waals surface area contributed by atoms with Crippen molar-refractivity contribution in [3.8, 4) is 11.5 Å². The van der Waals surface area contributed by atoms with E-state index in [0.29, 0.717) is 10.9 Å². The normalized spacial score (nSPS) is 11.2. The first-order valence-electron chi connectivity index (χ1n) is 5.99. The van der Waals surface area contributed by atoms with Crippen LogP contribution in [0.4, 0.5) is 0 Å². The number of benzene rings is 2. The van der Waals surface area contributed by atoms with Gasteiger partial charge in [0.1, 0.15) is 5.52 Å². The predicted octanol–water partition coefficient (Wildman–Crippen LogP) is 6.29. The van der Waals surface area contributed by atoms with Gasteiger partial charge in [-0.25, -0.2) is 4.98 Å². The number of rotatable bonds is 1. The number of aryl methyl sites for hydroxylation is 1. The zero-order valence-electron chi connectivity index (χ0n) is 10.8. The summed E-state index contributed by atoms with van der Waals surface area (Å²) in [5.74, 6) is 0.525. The molecule has 1 aromatic heterocycles. The van der Waals surface area contributed by atoms with Crippen molar-refractivity contribution >= 4 is 54.6 Å². The molecule has 0 spiro atoms. The van der Waals surface area contributed by atoms with Crippen LogP contribution >= 0.6 is 43.5 Å². The lowest BCUT2D eigenvalue weighted by molar-refractivity contribution is 0.617. The van der Waals surface area contributed by atoms with E-state index in [1.54, 1.807) is 0 Å². The Morgan fingerprint density at radius 1 is 1.15 bits per heavy atom. The van der Waals surface area contributed by atoms with E-state index >= 15 is 0 Å². The van der Waals surface area contributed by atoms with Crippen molar-refractivity contribution in [2.24, 2.45) is 0 Å². The third-order valence-corrected chi connectivity index (χ3v) is 5.06. The summed E-state index contributed by atoms with van der Waals surface area (Å²) in [6, 6.07) is 7.63. The van der Waals surface area contributed by atoms with Gasteiger partial charge in [-0.15, -0.1) is 0 Å². The van der Waals surface area contributed by atoms with Crippen LogP contribution < -0.4 is 0 Å². The van der Waals surface area contributed by atoms with Gasteiger partial charge in [-0.05, 0) is 65.2 Å². The highest BCUT2D eigenvalue weighted by Crippen LogP contribution is 2.36. The molecule has 3 aromatic rings. The Labute approximate surface area is 138 Å². The van der Waals surface area contributed by atoms with Gasteiger partial charge in [-0.1, -0.05) is 27.5 Å². The molecule has 20 heavy (non-hydrogen) atoms. The third-order valence-electron chi connectivity index (χ3n) is 3.29. The minimum atomic E-state index is 0.525. The van der Waals surface area contributed by atoms with E-state index in [9.17, 15) is 0 Å². The van der Waals surface area contributed by atoms with Gasteiger partial charge in [0.25, 0.3) is 0 Å². The van der Waals surface area contributed by atoms with E-state index in [2.05, 4.69) is 43.8 Å². The summed E-state index contributed by atoms with van der Waals surface area (Å²) in [7, 11) is 0. The summed E-state index contributed by atoms with van der Waals surface area (Å²) < 4.78 is 7.77. The fraction of sp³-hybridized carbons (Fsp3) is 0.133. The molecule has 102 valence electrons. The van der Waals surface area contributed by atoms with Gasteiger partial charge >= 0.3 is 0 Å². The number of halogens is 3. The van der Waals surface area contributed by atoms with Crippen molar-refractivity contribution in [3.63, 3.8) is 0 Å². The molecule has 3 rings (SSSR count). The van der Waals surface area contributed by atoms with Crippen LogP contribution in [0.5, 0.6) is 0 Å². The third kappa shape index (κ3) is 2.30. The molecule has 0 radical (unpaired) electrons. The molecule has 5 heteroatoms. The van der Waals surface area contributed by atoms with Crippen LogP contribution in [-0.4, -0.2) is 4.98 Å². The largest absolute Gasteiger partial charge is 0.435 e. The molecule has 0 aliphatic carbocycles. The molecule has 0 atom stereocenters. The topological polar surface area (TPSA) is 26.0 Å². The standard InChI is InChI=1S/C15H10Br2ClNO/c1-7-5-12-14(13(17)8(7)2)20-15(19-12)10-6-9(16)3-4-11(10)18/h3-6H,1-2H3. The highest BCUT2D eigenvalue weighted by Gasteiger charge is 2.16. The van der Waals surface area contributed by atoms with Gasteiger partial charge in [0.15, 0.2) is 5.58 Å². The highest BCUT2D eigenvalue weighted by atomic mass is 79.9. The highest BCUT2D eigenvalue weighted by molar-refractivity contribution is 9.11. The molecule has 0 bridgehead atoms. The van der Waals surface area contributed by atoms with Crippen LogP contribution in [-0.2, 0) is 0 Å². The van der Waals surface area contributed by atoms with Crippen molar-refractivity contribution in [2.75, 3.05) is 0 Å². The molecule has 0 fully saturated rings. The quantitative estimate of drug-likeness (QED) is 0.467. The summed E-state index contributed by atoms with van der Waals surface area (Å²) in [6.45, 7) is 4.10. The Bertz CT molecular complexity index is 826. The molecule has 0 saturated carbocycles. The minimum absolute atomic E-state index is 0.525. The van der Waals surface area contributed by atoms with E-state index < -0.39 is 0 Å². The van der Waals surface area contributed by atoms with Crippen LogP contribution in [0.2, 0.25) is 5.02 Å². The zero-order valence-corrected chi connectivity index (χ0v) is 14.7. The maximum absolute atomic E-state index is 6.23. The van der Waals surface area contributed by atoms with E-state index in [1.165, 1.54) is 5.56 Å². The predicted molar refractivity (Wildman–Crippen MR) is 89.3 cm³/mol. The molecule has 1 heterocycles. The maximum atomic E-state index is 6.23. The van der Waals surface area contributed by atoms with Crippen LogP contribution in [0.15, 0.2) is 37.6 Å². The van der Waals surface area contributed by atoms with Crippen molar-refractivity contribution in [3.05, 3.63) is 49.4 Å². The van der Waals surface area contributed by atoms with Crippen LogP contribution in [0.3, 0.4) is 0 Å². The Kier molecular flexibility index (Phi) is 3.65. The molecular formula is C15H10Br2ClNO. The smallest absolute Gasteiger partial charge is 0.228 e. The number of hydrogen-bond acceptors (Lipinski definition) is 2. The number of oxazole rings is 1. The zero-order chi connectivity index (χ0) is 14.4. The van der Waals surface area contributed by atoms with Gasteiger partial charge in [-0.3, -0.25) is 0 Å². The summed E-state index contributed by atoms with van der Waals surface area (Å²) in [5, 5.41) is 0.615. The van der Waals surface area contributed by atoms with Crippen LogP contribution in [0.1, 0.15) is 11.1 Å². The monoisotopic (exact) mass is 413 g/mol. The summed E-state index contributed by atoms with van der Waals surface area (Å²) in [6.07, 6.45) is 0. The summed E-state index contributed by atoms with van der Waals surface area (Å²) in [5.41, 5.74) is 4.68. The molecule has 2 aromatic carbocycles. The van der Waals surface area contributed by atoms with Crippen LogP contribution in [0.25, 0.3) is 22.6 Å². The maximum Gasteiger partial charge on any atom is 0.228 e. The second-order valence-corrected chi connectivity index (χ2v) is 6.74. The minimum Gasteiger partial charge on any atom is -0.435 e. The number of nitrogens with zero attached hydrogens (tertiary/aromatic N) is 1. The van der Waals surface area contributed by atoms with Crippen LogP contribution in [0, 0.1) is 13.8 Å². The lowest BCUT2D eigenvalue weighted by atomic mass is 10.1. The van der Waals surface area contributed by atoms with E-state index in [1.807, 2.05) is 31.2 Å². The Morgan fingerprint density at radius 2 is 1.90 bits per heavy atom. The number of aromatic nitrogens is 1. The van der Waals surface area contributed by atoms with Crippen molar-refractivity contribution in [1.82, 2.24) is 4.98 Å². The van der Waals surface area contributed by atoms with Gasteiger partial charge in [0.05, 0.1) is 15.1 Å². The first-order valence-corrected chi connectivity index (χ1v) is 7.95. The second-order valence-electron chi connectivity index (χ2n) is 4.62. The Hall–Kier alpha value is -0.840. The lowest BCUT2D eigenvalue weighted by Crippen LogP contribution is -1.83. The molecule has 0 saturated heterocycles. The summed E-state index contributed by atoms with van der Waals surface area (Å²) in [4.78, 5) is 4.55. The van der Waals surface area contributed by atoms with Gasteiger partial charge < -0.3 is 4.42 Å². The summed E-state index contributed by atoms with van der Waals surface area (Å²) >= 11 is 13.2. The molecule has 2 nitrogen and oxygen atoms in total. The molecule has 0 aliphatic heterocycles. The lowest BCUT2D eigenvalue weighted by Gasteiger charge is -2.01. The van der Waals surface area contributed by atoms with Gasteiger partial charge in [0, 0.05) is 4.47 Å². The fourth-order valence-electron chi connectivity index (χ4n) is 2.02. The van der Waals surface area contributed by atoms with E-state index in [-0.39, 0.29) is 0 Å². The second kappa shape index (κ2) is 5.17. The molecule has 0 aliphatic rings. The molecule has 0 amide bonds. The molecule has 0 N–H and O–H groups in total. The first kappa shape index (κ1) is 14.1. The van der Waals surface area contributed by atoms with Crippen molar-refractivity contribution in [1.29, 1.82) is 0 Å². The number of hydrogen-bond donors (Lipinski definition) is 0. The average Bonchev–Trinajstić information content (AvgIpc) is 2.83. The Balaban J connectivity index is 2.28.